The van der Waals surface area contributed by atoms with Gasteiger partial charge in [-0.25, -0.2) is 14.2 Å². The number of rotatable bonds is 5. The van der Waals surface area contributed by atoms with Gasteiger partial charge in [-0.2, -0.15) is 0 Å². The Kier molecular flexibility index (Phi) is 4.46. The molecule has 1 rings (SSSR count). The van der Waals surface area contributed by atoms with E-state index in [1.54, 1.807) is 0 Å². The van der Waals surface area contributed by atoms with E-state index in [1.165, 1.54) is 0 Å². The van der Waals surface area contributed by atoms with Gasteiger partial charge in [0.05, 0.1) is 12.2 Å². The van der Waals surface area contributed by atoms with Gasteiger partial charge in [-0.1, -0.05) is 19.3 Å². The second-order valence-corrected chi connectivity index (χ2v) is 3.51. The smallest absolute Gasteiger partial charge is 0.339 e. The minimum Gasteiger partial charge on any atom is -0.478 e. The summed E-state index contributed by atoms with van der Waals surface area (Å²) in [5, 5.41) is 11.7. The van der Waals surface area contributed by atoms with Gasteiger partial charge < -0.3 is 10.4 Å². The largest absolute Gasteiger partial charge is 0.478 e. The van der Waals surface area contributed by atoms with Crippen LogP contribution in [0.4, 0.5) is 10.2 Å². The van der Waals surface area contributed by atoms with Crippen molar-refractivity contribution in [2.24, 2.45) is 0 Å². The average Bonchev–Trinajstić information content (AvgIpc) is 2.30. The Morgan fingerprint density at radius 2 is 2.47 bits per heavy atom. The molecule has 1 aromatic rings. The highest BCUT2D eigenvalue weighted by Crippen LogP contribution is 2.15. The summed E-state index contributed by atoms with van der Waals surface area (Å²) in [5.74, 6) is 0.650. The third kappa shape index (κ3) is 3.45. The van der Waals surface area contributed by atoms with Gasteiger partial charge in [-0.3, -0.25) is 0 Å². The molecule has 0 fully saturated rings. The average molecular weight is 236 g/mol. The molecule has 90 valence electrons. The molecule has 0 radical (unpaired) electrons. The third-order valence-corrected chi connectivity index (χ3v) is 2.17. The molecule has 0 aliphatic heterocycles. The fourth-order valence-corrected chi connectivity index (χ4v) is 1.37. The molecule has 0 aromatic carbocycles. The van der Waals surface area contributed by atoms with Crippen LogP contribution in [0.5, 0.6) is 0 Å². The second-order valence-electron chi connectivity index (χ2n) is 3.51. The quantitative estimate of drug-likeness (QED) is 0.769. The van der Waals surface area contributed by atoms with E-state index in [9.17, 15) is 9.18 Å². The first-order valence-corrected chi connectivity index (χ1v) is 5.20. The molecule has 1 heterocycles. The van der Waals surface area contributed by atoms with Crippen LogP contribution in [0.25, 0.3) is 0 Å². The molecule has 0 bridgehead atoms. The summed E-state index contributed by atoms with van der Waals surface area (Å²) < 4.78 is 12.9. The van der Waals surface area contributed by atoms with E-state index in [4.69, 9.17) is 11.5 Å². The van der Waals surface area contributed by atoms with Crippen LogP contribution in [0, 0.1) is 18.2 Å². The summed E-state index contributed by atoms with van der Waals surface area (Å²) in [4.78, 5) is 14.6. The van der Waals surface area contributed by atoms with E-state index in [1.807, 2.05) is 6.92 Å². The predicted octanol–water partition coefficient (Wildman–Crippen LogP) is 2.13. The summed E-state index contributed by atoms with van der Waals surface area (Å²) in [6.07, 6.45) is 7.80. The Morgan fingerprint density at radius 3 is 3.00 bits per heavy atom. The highest BCUT2D eigenvalue weighted by molar-refractivity contribution is 5.93. The minimum atomic E-state index is -1.24. The topological polar surface area (TPSA) is 62.2 Å². The van der Waals surface area contributed by atoms with Crippen LogP contribution in [0.15, 0.2) is 12.3 Å². The predicted molar refractivity (Wildman–Crippen MR) is 62.3 cm³/mol. The lowest BCUT2D eigenvalue weighted by Crippen LogP contribution is -2.20. The Hall–Kier alpha value is -2.09. The van der Waals surface area contributed by atoms with Crippen LogP contribution in [0.1, 0.15) is 30.1 Å². The van der Waals surface area contributed by atoms with Gasteiger partial charge >= 0.3 is 5.97 Å². The number of carboxylic acids is 1. The number of aromatic nitrogens is 1. The summed E-state index contributed by atoms with van der Waals surface area (Å²) in [6, 6.07) is 0.605. The summed E-state index contributed by atoms with van der Waals surface area (Å²) in [5.41, 5.74) is -0.221. The van der Waals surface area contributed by atoms with Gasteiger partial charge in [0.15, 0.2) is 0 Å². The van der Waals surface area contributed by atoms with Crippen molar-refractivity contribution in [2.75, 3.05) is 5.32 Å². The zero-order valence-corrected chi connectivity index (χ0v) is 9.40. The fraction of sp³-hybridized carbons (Fsp3) is 0.333. The van der Waals surface area contributed by atoms with Crippen molar-refractivity contribution in [3.63, 3.8) is 0 Å². The van der Waals surface area contributed by atoms with Crippen LogP contribution >= 0.6 is 0 Å². The van der Waals surface area contributed by atoms with E-state index in [0.717, 1.165) is 18.7 Å². The van der Waals surface area contributed by atoms with Crippen molar-refractivity contribution in [2.45, 2.75) is 25.8 Å². The van der Waals surface area contributed by atoms with Crippen LogP contribution in [0.3, 0.4) is 0 Å². The molecule has 1 aromatic heterocycles. The van der Waals surface area contributed by atoms with Crippen LogP contribution in [-0.2, 0) is 0 Å². The first-order valence-electron chi connectivity index (χ1n) is 5.20. The Labute approximate surface area is 98.9 Å². The van der Waals surface area contributed by atoms with Crippen LogP contribution in [-0.4, -0.2) is 22.1 Å². The molecule has 1 atom stereocenters. The Morgan fingerprint density at radius 1 is 1.76 bits per heavy atom. The number of carbonyl (C=O) groups is 1. The zero-order valence-electron chi connectivity index (χ0n) is 9.40. The second kappa shape index (κ2) is 5.85. The first-order chi connectivity index (χ1) is 8.08. The maximum atomic E-state index is 12.9. The molecule has 0 saturated carbocycles. The first kappa shape index (κ1) is 13.0. The molecule has 0 aliphatic carbocycles. The van der Waals surface area contributed by atoms with Crippen LogP contribution < -0.4 is 5.32 Å². The van der Waals surface area contributed by atoms with Gasteiger partial charge in [0.25, 0.3) is 0 Å². The molecule has 5 heteroatoms. The van der Waals surface area contributed by atoms with Crippen molar-refractivity contribution in [3.05, 3.63) is 23.6 Å². The molecule has 0 aliphatic rings. The standard InChI is InChI=1S/C12H13FN2O2/c1-3-5-9(4-2)15-11-10(12(16)17)6-8(13)7-14-11/h2,6-7,9H,3,5H2,1H3,(H,14,15)(H,16,17). The molecule has 2 N–H and O–H groups in total. The van der Waals surface area contributed by atoms with E-state index in [0.29, 0.717) is 6.42 Å². The number of aromatic carboxylic acids is 1. The minimum absolute atomic E-state index is 0.0929. The zero-order chi connectivity index (χ0) is 12.8. The number of halogens is 1. The summed E-state index contributed by atoms with van der Waals surface area (Å²) in [7, 11) is 0. The van der Waals surface area contributed by atoms with E-state index < -0.39 is 11.8 Å². The molecule has 4 nitrogen and oxygen atoms in total. The van der Waals surface area contributed by atoms with Crippen molar-refractivity contribution < 1.29 is 14.3 Å². The third-order valence-electron chi connectivity index (χ3n) is 2.17. The van der Waals surface area contributed by atoms with E-state index in [-0.39, 0.29) is 17.4 Å². The number of pyridine rings is 1. The molecule has 1 unspecified atom stereocenters. The highest BCUT2D eigenvalue weighted by Gasteiger charge is 2.15. The van der Waals surface area contributed by atoms with Gasteiger partial charge in [0.2, 0.25) is 0 Å². The molecule has 17 heavy (non-hydrogen) atoms. The Bertz CT molecular complexity index is 454. The monoisotopic (exact) mass is 236 g/mol. The summed E-state index contributed by atoms with van der Waals surface area (Å²) >= 11 is 0. The normalized spacial score (nSPS) is 11.6. The van der Waals surface area contributed by atoms with Gasteiger partial charge in [0, 0.05) is 0 Å². The lowest BCUT2D eigenvalue weighted by atomic mass is 10.1. The Balaban J connectivity index is 2.98. The highest BCUT2D eigenvalue weighted by atomic mass is 19.1. The number of hydrogen-bond donors (Lipinski definition) is 2. The van der Waals surface area contributed by atoms with Gasteiger partial charge in [-0.05, 0) is 12.5 Å². The molecule has 0 amide bonds. The molecular weight excluding hydrogens is 223 g/mol. The maximum absolute atomic E-state index is 12.9. The van der Waals surface area contributed by atoms with Crippen molar-refractivity contribution in [3.8, 4) is 12.3 Å². The van der Waals surface area contributed by atoms with Crippen molar-refractivity contribution in [1.29, 1.82) is 0 Å². The maximum Gasteiger partial charge on any atom is 0.339 e. The number of carboxylic acid groups (broad SMARTS) is 1. The fourth-order valence-electron chi connectivity index (χ4n) is 1.37. The lowest BCUT2D eigenvalue weighted by molar-refractivity contribution is 0.0697. The number of hydrogen-bond acceptors (Lipinski definition) is 3. The lowest BCUT2D eigenvalue weighted by Gasteiger charge is -2.14. The van der Waals surface area contributed by atoms with E-state index >= 15 is 0 Å². The molecular formula is C12H13FN2O2. The summed E-state index contributed by atoms with van der Waals surface area (Å²) in [6.45, 7) is 1.96. The molecule has 0 saturated heterocycles. The van der Waals surface area contributed by atoms with Crippen LogP contribution in [0.2, 0.25) is 0 Å². The number of nitrogens with zero attached hydrogens (tertiary/aromatic N) is 1. The SMILES string of the molecule is C#CC(CCC)Nc1ncc(F)cc1C(=O)O. The van der Waals surface area contributed by atoms with E-state index in [2.05, 4.69) is 16.2 Å². The number of nitrogens with one attached hydrogen (secondary N) is 1. The van der Waals surface area contributed by atoms with Crippen molar-refractivity contribution in [1.82, 2.24) is 4.98 Å². The number of anilines is 1. The molecule has 0 spiro atoms. The van der Waals surface area contributed by atoms with Gasteiger partial charge in [0.1, 0.15) is 17.2 Å². The van der Waals surface area contributed by atoms with Gasteiger partial charge in [-0.15, -0.1) is 6.42 Å². The number of terminal acetylenes is 1. The van der Waals surface area contributed by atoms with Crippen molar-refractivity contribution >= 4 is 11.8 Å².